The van der Waals surface area contributed by atoms with E-state index in [0.29, 0.717) is 11.4 Å². The Balaban J connectivity index is 1.54. The highest BCUT2D eigenvalue weighted by molar-refractivity contribution is 6.07. The molecule has 0 atom stereocenters. The van der Waals surface area contributed by atoms with E-state index >= 15 is 0 Å². The fourth-order valence-electron chi connectivity index (χ4n) is 4.12. The molecule has 180 valence electrons. The number of amides is 1. The number of hydrogen-bond donors (Lipinski definition) is 1. The van der Waals surface area contributed by atoms with Gasteiger partial charge in [-0.15, -0.1) is 0 Å². The van der Waals surface area contributed by atoms with E-state index in [-0.39, 0.29) is 23.9 Å². The van der Waals surface area contributed by atoms with Crippen molar-refractivity contribution < 1.29 is 14.3 Å². The third kappa shape index (κ3) is 4.24. The lowest BCUT2D eigenvalue weighted by molar-refractivity contribution is 0.0527. The number of rotatable bonds is 6. The van der Waals surface area contributed by atoms with Gasteiger partial charge in [0.25, 0.3) is 5.91 Å². The topological polar surface area (TPSA) is 91.0 Å². The van der Waals surface area contributed by atoms with E-state index < -0.39 is 5.97 Å². The van der Waals surface area contributed by atoms with Crippen LogP contribution in [0.3, 0.4) is 0 Å². The van der Waals surface area contributed by atoms with E-state index in [2.05, 4.69) is 10.4 Å². The molecule has 5 aromatic rings. The zero-order valence-corrected chi connectivity index (χ0v) is 20.2. The Labute approximate surface area is 208 Å². The lowest BCUT2D eigenvalue weighted by atomic mass is 10.1. The zero-order valence-electron chi connectivity index (χ0n) is 20.2. The highest BCUT2D eigenvalue weighted by atomic mass is 16.5. The maximum Gasteiger partial charge on any atom is 0.343 e. The molecule has 36 heavy (non-hydrogen) atoms. The van der Waals surface area contributed by atoms with E-state index in [1.54, 1.807) is 19.1 Å². The van der Waals surface area contributed by atoms with Crippen molar-refractivity contribution in [2.75, 3.05) is 11.9 Å². The first-order chi connectivity index (χ1) is 17.5. The number of nitrogens with one attached hydrogen (secondary N) is 1. The van der Waals surface area contributed by atoms with Gasteiger partial charge in [0.1, 0.15) is 5.56 Å². The number of para-hydroxylation sites is 1. The van der Waals surface area contributed by atoms with Crippen molar-refractivity contribution in [2.24, 2.45) is 0 Å². The average molecular weight is 480 g/mol. The summed E-state index contributed by atoms with van der Waals surface area (Å²) in [7, 11) is 0. The van der Waals surface area contributed by atoms with Gasteiger partial charge in [-0.1, -0.05) is 18.2 Å². The van der Waals surface area contributed by atoms with Crippen LogP contribution in [0.1, 0.15) is 38.8 Å². The summed E-state index contributed by atoms with van der Waals surface area (Å²) >= 11 is 0. The molecule has 0 radical (unpaired) electrons. The van der Waals surface area contributed by atoms with E-state index in [1.807, 2.05) is 79.3 Å². The molecule has 0 aliphatic rings. The average Bonchev–Trinajstić information content (AvgIpc) is 3.56. The lowest BCUT2D eigenvalue weighted by Crippen LogP contribution is -2.18. The van der Waals surface area contributed by atoms with Gasteiger partial charge >= 0.3 is 5.97 Å². The summed E-state index contributed by atoms with van der Waals surface area (Å²) in [4.78, 5) is 30.7. The zero-order chi connectivity index (χ0) is 25.2. The molecule has 0 aliphatic carbocycles. The second-order valence-corrected chi connectivity index (χ2v) is 8.40. The van der Waals surface area contributed by atoms with Gasteiger partial charge in [0.15, 0.2) is 11.6 Å². The van der Waals surface area contributed by atoms with Gasteiger partial charge in [0.2, 0.25) is 0 Å². The number of ether oxygens (including phenoxy) is 1. The Morgan fingerprint density at radius 3 is 2.44 bits per heavy atom. The molecule has 1 amide bonds. The van der Waals surface area contributed by atoms with Crippen LogP contribution in [0.2, 0.25) is 0 Å². The molecule has 0 saturated heterocycles. The Kier molecular flexibility index (Phi) is 6.08. The second kappa shape index (κ2) is 9.50. The lowest BCUT2D eigenvalue weighted by Gasteiger charge is -2.13. The summed E-state index contributed by atoms with van der Waals surface area (Å²) in [5.41, 5.74) is 4.37. The van der Waals surface area contributed by atoms with Gasteiger partial charge in [-0.2, -0.15) is 9.78 Å². The molecule has 0 unspecified atom stereocenters. The van der Waals surface area contributed by atoms with Crippen LogP contribution in [0.4, 0.5) is 5.82 Å². The van der Waals surface area contributed by atoms with Crippen molar-refractivity contribution >= 4 is 28.6 Å². The number of anilines is 1. The number of benzene rings is 2. The Bertz CT molecular complexity index is 1570. The van der Waals surface area contributed by atoms with Crippen molar-refractivity contribution in [2.45, 2.75) is 20.8 Å². The van der Waals surface area contributed by atoms with Gasteiger partial charge in [-0.3, -0.25) is 4.79 Å². The van der Waals surface area contributed by atoms with Crippen LogP contribution in [0.25, 0.3) is 22.4 Å². The third-order valence-corrected chi connectivity index (χ3v) is 5.98. The van der Waals surface area contributed by atoms with Gasteiger partial charge in [0.05, 0.1) is 18.3 Å². The summed E-state index contributed by atoms with van der Waals surface area (Å²) < 4.78 is 8.63. The highest BCUT2D eigenvalue weighted by Gasteiger charge is 2.23. The Morgan fingerprint density at radius 1 is 0.972 bits per heavy atom. The van der Waals surface area contributed by atoms with Crippen molar-refractivity contribution in [3.63, 3.8) is 0 Å². The maximum atomic E-state index is 13.2. The molecule has 8 heteroatoms. The molecule has 0 fully saturated rings. The first-order valence-corrected chi connectivity index (χ1v) is 11.6. The molecule has 2 aromatic carbocycles. The molecule has 0 aliphatic heterocycles. The van der Waals surface area contributed by atoms with E-state index in [0.717, 1.165) is 27.7 Å². The largest absolute Gasteiger partial charge is 0.462 e. The predicted molar refractivity (Wildman–Crippen MR) is 138 cm³/mol. The summed E-state index contributed by atoms with van der Waals surface area (Å²) in [5, 5.41) is 8.29. The standard InChI is InChI=1S/C28H25N5O3/c1-4-36-28(35)23-17-29-33(24-16-19(3)22-9-7-8-18(2)25(22)30-24)26(23)31-27(34)20-10-12-21(13-11-20)32-14-5-6-15-32/h5-17H,4H2,1-3H3,(H,31,34). The van der Waals surface area contributed by atoms with Gasteiger partial charge < -0.3 is 14.6 Å². The summed E-state index contributed by atoms with van der Waals surface area (Å²) in [5.74, 6) is -0.262. The van der Waals surface area contributed by atoms with Gasteiger partial charge in [0, 0.05) is 29.0 Å². The van der Waals surface area contributed by atoms with Crippen LogP contribution in [-0.2, 0) is 4.74 Å². The molecule has 0 spiro atoms. The Morgan fingerprint density at radius 2 is 1.72 bits per heavy atom. The highest BCUT2D eigenvalue weighted by Crippen LogP contribution is 2.26. The minimum absolute atomic E-state index is 0.151. The molecule has 3 heterocycles. The molecule has 5 rings (SSSR count). The van der Waals surface area contributed by atoms with E-state index in [9.17, 15) is 9.59 Å². The van der Waals surface area contributed by atoms with E-state index in [1.165, 1.54) is 10.9 Å². The molecular weight excluding hydrogens is 454 g/mol. The fraction of sp³-hybridized carbons (Fsp3) is 0.143. The van der Waals surface area contributed by atoms with Crippen molar-refractivity contribution in [1.82, 2.24) is 19.3 Å². The minimum atomic E-state index is -0.573. The van der Waals surface area contributed by atoms with Gasteiger partial charge in [-0.05, 0) is 74.4 Å². The van der Waals surface area contributed by atoms with Crippen molar-refractivity contribution in [3.8, 4) is 11.5 Å². The van der Waals surface area contributed by atoms with Crippen LogP contribution in [0.5, 0.6) is 0 Å². The number of aromatic nitrogens is 4. The minimum Gasteiger partial charge on any atom is -0.462 e. The Hall–Kier alpha value is -4.72. The SMILES string of the molecule is CCOC(=O)c1cnn(-c2cc(C)c3cccc(C)c3n2)c1NC(=O)c1ccc(-n2cccc2)cc1. The number of hydrogen-bond acceptors (Lipinski definition) is 5. The van der Waals surface area contributed by atoms with Crippen LogP contribution in [0, 0.1) is 13.8 Å². The normalized spacial score (nSPS) is 11.0. The number of nitrogens with zero attached hydrogens (tertiary/aromatic N) is 4. The number of fused-ring (bicyclic) bond motifs is 1. The van der Waals surface area contributed by atoms with Crippen molar-refractivity contribution in [3.05, 3.63) is 102 Å². The summed E-state index contributed by atoms with van der Waals surface area (Å²) in [6.45, 7) is 5.91. The first-order valence-electron chi connectivity index (χ1n) is 11.6. The van der Waals surface area contributed by atoms with Crippen LogP contribution in [-0.4, -0.2) is 37.8 Å². The summed E-state index contributed by atoms with van der Waals surface area (Å²) in [6.07, 6.45) is 5.25. The smallest absolute Gasteiger partial charge is 0.343 e. The maximum absolute atomic E-state index is 13.2. The monoisotopic (exact) mass is 479 g/mol. The number of aryl methyl sites for hydroxylation is 2. The predicted octanol–water partition coefficient (Wildman–Crippen LogP) is 5.26. The third-order valence-electron chi connectivity index (χ3n) is 5.98. The molecule has 0 saturated carbocycles. The number of carbonyl (C=O) groups is 2. The quantitative estimate of drug-likeness (QED) is 0.336. The molecule has 3 aromatic heterocycles. The van der Waals surface area contributed by atoms with Crippen molar-refractivity contribution in [1.29, 1.82) is 0 Å². The molecule has 1 N–H and O–H groups in total. The fourth-order valence-corrected chi connectivity index (χ4v) is 4.12. The second-order valence-electron chi connectivity index (χ2n) is 8.40. The van der Waals surface area contributed by atoms with Gasteiger partial charge in [-0.25, -0.2) is 9.78 Å². The summed E-state index contributed by atoms with van der Waals surface area (Å²) in [6, 6.07) is 18.9. The first kappa shape index (κ1) is 23.0. The molecule has 8 nitrogen and oxygen atoms in total. The number of esters is 1. The molecular formula is C28H25N5O3. The van der Waals surface area contributed by atoms with E-state index in [4.69, 9.17) is 9.72 Å². The van der Waals surface area contributed by atoms with Crippen LogP contribution in [0.15, 0.2) is 79.3 Å². The van der Waals surface area contributed by atoms with Crippen LogP contribution < -0.4 is 5.32 Å². The number of pyridine rings is 1. The molecule has 0 bridgehead atoms. The number of carbonyl (C=O) groups excluding carboxylic acids is 2. The van der Waals surface area contributed by atoms with Crippen LogP contribution >= 0.6 is 0 Å².